The van der Waals surface area contributed by atoms with Gasteiger partial charge >= 0.3 is 6.01 Å². The molecule has 1 atom stereocenters. The topological polar surface area (TPSA) is 120 Å². The Morgan fingerprint density at radius 2 is 1.85 bits per heavy atom. The molecule has 0 bridgehead atoms. The number of aromatic amines is 1. The molecule has 0 unspecified atom stereocenters. The van der Waals surface area contributed by atoms with E-state index in [1.165, 1.54) is 26.4 Å². The lowest BCUT2D eigenvalue weighted by Gasteiger charge is -2.17. The summed E-state index contributed by atoms with van der Waals surface area (Å²) in [5.41, 5.74) is 0.935. The molecule has 0 saturated heterocycles. The zero-order valence-electron chi connectivity index (χ0n) is 18.7. The Hall–Kier alpha value is -3.57. The van der Waals surface area contributed by atoms with Crippen LogP contribution in [0.15, 0.2) is 53.6 Å². The number of fused-ring (bicyclic) bond motifs is 1. The standard InChI is InChI=1S/C22H25N5O5S/c1-5-27-21(24-25-22(27)32-17-7-6-15-10-11-23-18(15)12-17)14(2)26-33(28,29)20-9-8-16(30-3)13-19(20)31-4/h6-14,23,26H,5H2,1-4H3/t14-/m1/s1. The van der Waals surface area contributed by atoms with E-state index in [-0.39, 0.29) is 16.7 Å². The summed E-state index contributed by atoms with van der Waals surface area (Å²) < 4.78 is 46.8. The number of aromatic nitrogens is 4. The Kier molecular flexibility index (Phi) is 6.25. The van der Waals surface area contributed by atoms with Crippen molar-refractivity contribution in [1.82, 2.24) is 24.5 Å². The lowest BCUT2D eigenvalue weighted by atomic mass is 10.2. The molecule has 11 heteroatoms. The monoisotopic (exact) mass is 471 g/mol. The van der Waals surface area contributed by atoms with Gasteiger partial charge in [-0.1, -0.05) is 5.10 Å². The van der Waals surface area contributed by atoms with Gasteiger partial charge in [-0.25, -0.2) is 13.1 Å². The van der Waals surface area contributed by atoms with Crippen LogP contribution < -0.4 is 18.9 Å². The number of benzene rings is 2. The molecule has 4 aromatic rings. The van der Waals surface area contributed by atoms with E-state index in [9.17, 15) is 8.42 Å². The van der Waals surface area contributed by atoms with Gasteiger partial charge in [-0.2, -0.15) is 0 Å². The van der Waals surface area contributed by atoms with E-state index in [0.717, 1.165) is 10.9 Å². The minimum absolute atomic E-state index is 0.00376. The summed E-state index contributed by atoms with van der Waals surface area (Å²) in [7, 11) is -1.03. The van der Waals surface area contributed by atoms with Crippen LogP contribution in [0.3, 0.4) is 0 Å². The normalized spacial score (nSPS) is 12.6. The van der Waals surface area contributed by atoms with Crippen LogP contribution in [0.25, 0.3) is 10.9 Å². The third-order valence-corrected chi connectivity index (χ3v) is 6.76. The van der Waals surface area contributed by atoms with E-state index < -0.39 is 16.1 Å². The fourth-order valence-corrected chi connectivity index (χ4v) is 4.89. The number of ether oxygens (including phenoxy) is 3. The Morgan fingerprint density at radius 1 is 1.06 bits per heavy atom. The van der Waals surface area contributed by atoms with Crippen molar-refractivity contribution in [3.63, 3.8) is 0 Å². The van der Waals surface area contributed by atoms with Gasteiger partial charge in [0.1, 0.15) is 22.1 Å². The molecule has 0 saturated carbocycles. The Bertz CT molecular complexity index is 1380. The number of hydrogen-bond donors (Lipinski definition) is 2. The molecule has 10 nitrogen and oxygen atoms in total. The van der Waals surface area contributed by atoms with Gasteiger partial charge in [0.15, 0.2) is 5.82 Å². The summed E-state index contributed by atoms with van der Waals surface area (Å²) in [4.78, 5) is 3.13. The highest BCUT2D eigenvalue weighted by molar-refractivity contribution is 7.89. The minimum Gasteiger partial charge on any atom is -0.497 e. The first-order valence-electron chi connectivity index (χ1n) is 10.3. The molecule has 2 aromatic carbocycles. The van der Waals surface area contributed by atoms with Crippen LogP contribution in [0, 0.1) is 0 Å². The highest BCUT2D eigenvalue weighted by Crippen LogP contribution is 2.30. The van der Waals surface area contributed by atoms with Crippen LogP contribution in [0.5, 0.6) is 23.3 Å². The van der Waals surface area contributed by atoms with Crippen molar-refractivity contribution in [2.75, 3.05) is 14.2 Å². The highest BCUT2D eigenvalue weighted by Gasteiger charge is 2.26. The maximum absolute atomic E-state index is 13.1. The molecule has 2 heterocycles. The van der Waals surface area contributed by atoms with Gasteiger partial charge in [-0.05, 0) is 49.6 Å². The fourth-order valence-electron chi connectivity index (χ4n) is 3.53. The third-order valence-electron chi connectivity index (χ3n) is 5.18. The van der Waals surface area contributed by atoms with Crippen molar-refractivity contribution in [3.05, 3.63) is 54.5 Å². The molecule has 2 N–H and O–H groups in total. The van der Waals surface area contributed by atoms with Gasteiger partial charge in [0, 0.05) is 30.4 Å². The number of sulfonamides is 1. The maximum atomic E-state index is 13.1. The Balaban J connectivity index is 1.58. The summed E-state index contributed by atoms with van der Waals surface area (Å²) in [6.07, 6.45) is 1.85. The second-order valence-corrected chi connectivity index (χ2v) is 8.96. The van der Waals surface area contributed by atoms with Crippen LogP contribution in [-0.2, 0) is 16.6 Å². The summed E-state index contributed by atoms with van der Waals surface area (Å²) in [5, 5.41) is 9.39. The lowest BCUT2D eigenvalue weighted by Crippen LogP contribution is -2.29. The molecule has 4 rings (SSSR count). The zero-order valence-corrected chi connectivity index (χ0v) is 19.5. The minimum atomic E-state index is -3.92. The largest absolute Gasteiger partial charge is 0.497 e. The van der Waals surface area contributed by atoms with Crippen LogP contribution >= 0.6 is 0 Å². The first kappa shape index (κ1) is 22.6. The summed E-state index contributed by atoms with van der Waals surface area (Å²) >= 11 is 0. The van der Waals surface area contributed by atoms with Crippen LogP contribution in [0.1, 0.15) is 25.7 Å². The predicted molar refractivity (Wildman–Crippen MR) is 122 cm³/mol. The van der Waals surface area contributed by atoms with Crippen molar-refractivity contribution >= 4 is 20.9 Å². The van der Waals surface area contributed by atoms with Crippen LogP contribution in [0.4, 0.5) is 0 Å². The van der Waals surface area contributed by atoms with Gasteiger partial charge < -0.3 is 19.2 Å². The molecule has 0 aliphatic heterocycles. The molecular formula is C22H25N5O5S. The van der Waals surface area contributed by atoms with E-state index in [1.807, 2.05) is 37.4 Å². The predicted octanol–water partition coefficient (Wildman–Crippen LogP) is 3.63. The van der Waals surface area contributed by atoms with Crippen LogP contribution in [0.2, 0.25) is 0 Å². The summed E-state index contributed by atoms with van der Waals surface area (Å²) in [6.45, 7) is 4.08. The number of hydrogen-bond acceptors (Lipinski definition) is 7. The van der Waals surface area contributed by atoms with Gasteiger partial charge in [0.05, 0.1) is 20.3 Å². The van der Waals surface area contributed by atoms with Gasteiger partial charge in [-0.3, -0.25) is 4.57 Å². The molecule has 2 aromatic heterocycles. The molecule has 0 aliphatic carbocycles. The zero-order chi connectivity index (χ0) is 23.6. The average molecular weight is 472 g/mol. The molecule has 0 aliphatic rings. The van der Waals surface area contributed by atoms with Gasteiger partial charge in [0.2, 0.25) is 10.0 Å². The number of H-pyrrole nitrogens is 1. The second kappa shape index (κ2) is 9.12. The number of nitrogens with one attached hydrogen (secondary N) is 2. The number of nitrogens with zero attached hydrogens (tertiary/aromatic N) is 3. The average Bonchev–Trinajstić information content (AvgIpc) is 3.44. The molecule has 0 fully saturated rings. The quantitative estimate of drug-likeness (QED) is 0.382. The first-order chi connectivity index (χ1) is 15.9. The van der Waals surface area contributed by atoms with Crippen molar-refractivity contribution in [3.8, 4) is 23.3 Å². The van der Waals surface area contributed by atoms with Crippen molar-refractivity contribution in [1.29, 1.82) is 0 Å². The van der Waals surface area contributed by atoms with Crippen molar-refractivity contribution in [2.45, 2.75) is 31.3 Å². The lowest BCUT2D eigenvalue weighted by molar-refractivity contribution is 0.385. The third kappa shape index (κ3) is 4.50. The fraction of sp³-hybridized carbons (Fsp3) is 0.273. The molecule has 0 spiro atoms. The van der Waals surface area contributed by atoms with E-state index in [1.54, 1.807) is 17.6 Å². The van der Waals surface area contributed by atoms with E-state index in [4.69, 9.17) is 14.2 Å². The Morgan fingerprint density at radius 3 is 2.58 bits per heavy atom. The van der Waals surface area contributed by atoms with Gasteiger partial charge in [-0.15, -0.1) is 5.10 Å². The second-order valence-electron chi connectivity index (χ2n) is 7.27. The van der Waals surface area contributed by atoms with E-state index >= 15 is 0 Å². The molecular weight excluding hydrogens is 446 g/mol. The summed E-state index contributed by atoms with van der Waals surface area (Å²) in [5.74, 6) is 1.68. The van der Waals surface area contributed by atoms with Crippen molar-refractivity contribution < 1.29 is 22.6 Å². The van der Waals surface area contributed by atoms with Crippen LogP contribution in [-0.4, -0.2) is 42.4 Å². The molecule has 0 amide bonds. The number of rotatable bonds is 9. The van der Waals surface area contributed by atoms with Crippen molar-refractivity contribution in [2.24, 2.45) is 0 Å². The summed E-state index contributed by atoms with van der Waals surface area (Å²) in [6, 6.07) is 11.7. The van der Waals surface area contributed by atoms with E-state index in [2.05, 4.69) is 19.9 Å². The smallest absolute Gasteiger partial charge is 0.322 e. The van der Waals surface area contributed by atoms with E-state index in [0.29, 0.717) is 23.9 Å². The molecule has 0 radical (unpaired) electrons. The first-order valence-corrected chi connectivity index (χ1v) is 11.8. The number of methoxy groups -OCH3 is 2. The van der Waals surface area contributed by atoms with Gasteiger partial charge in [0.25, 0.3) is 0 Å². The SMILES string of the molecule is CCn1c(Oc2ccc3cc[nH]c3c2)nnc1[C@@H](C)NS(=O)(=O)c1ccc(OC)cc1OC. The maximum Gasteiger partial charge on any atom is 0.322 e. The molecule has 33 heavy (non-hydrogen) atoms. The Labute approximate surface area is 191 Å². The molecule has 174 valence electrons. The highest BCUT2D eigenvalue weighted by atomic mass is 32.2.